The standard InChI is InChI=1S/C47H58N12O8/c1-24-37(25(2)54-40(53-24)28-8-11-30(12-9-28)47(4,5)6)43(63)56-33(14-15-48)45(65)59(7)38-29-10-13-36(67-19-17-50)31(23-29)32-20-27(21-34(39(32)60)58-46(51)66)22-35(42(62)52-18-16-49)57-41(61)26(3)55-44(38)64/h8-13,20-21,23,26,33,35,38,60H,14-15,17-19,22,48,50H2,1-7H3,(H,52,62)(H,55,64)(H,56,63)(H,57,61)(H3,51,58,66). The Balaban J connectivity index is 1.59. The van der Waals surface area contributed by atoms with E-state index in [1.807, 2.05) is 30.3 Å². The average molecular weight is 919 g/mol. The summed E-state index contributed by atoms with van der Waals surface area (Å²) in [5.74, 6) is -3.68. The number of aryl methyl sites for hydroxylation is 2. The fourth-order valence-electron chi connectivity index (χ4n) is 7.69. The number of hydrogen-bond donors (Lipinski definition) is 9. The first-order chi connectivity index (χ1) is 31.7. The minimum atomic E-state index is -1.52. The summed E-state index contributed by atoms with van der Waals surface area (Å²) in [6, 6.07) is 10.5. The van der Waals surface area contributed by atoms with Gasteiger partial charge >= 0.3 is 6.03 Å². The van der Waals surface area contributed by atoms with Crippen molar-refractivity contribution < 1.29 is 38.6 Å². The first-order valence-electron chi connectivity index (χ1n) is 21.6. The Bertz CT molecular complexity index is 2570. The molecule has 5 rings (SSSR count). The molecular formula is C47H58N12O8. The molecule has 2 heterocycles. The van der Waals surface area contributed by atoms with Gasteiger partial charge in [0.1, 0.15) is 48.8 Å². The van der Waals surface area contributed by atoms with Gasteiger partial charge in [0.15, 0.2) is 5.82 Å². The number of nitrogens with two attached hydrogens (primary N) is 3. The number of carbonyl (C=O) groups excluding carboxylic acids is 6. The molecule has 3 aromatic carbocycles. The summed E-state index contributed by atoms with van der Waals surface area (Å²) in [4.78, 5) is 93.0. The van der Waals surface area contributed by atoms with Crippen molar-refractivity contribution >= 4 is 41.3 Å². The zero-order chi connectivity index (χ0) is 49.3. The predicted molar refractivity (Wildman–Crippen MR) is 249 cm³/mol. The van der Waals surface area contributed by atoms with E-state index in [-0.39, 0.29) is 78.2 Å². The molecule has 12 N–H and O–H groups in total. The third kappa shape index (κ3) is 12.0. The number of urea groups is 1. The van der Waals surface area contributed by atoms with Crippen LogP contribution in [0.4, 0.5) is 10.5 Å². The quantitative estimate of drug-likeness (QED) is 0.0686. The Morgan fingerprint density at radius 3 is 2.24 bits per heavy atom. The lowest BCUT2D eigenvalue weighted by Gasteiger charge is -2.32. The molecule has 4 atom stereocenters. The number of rotatable bonds is 13. The number of fused-ring (bicyclic) bond motifs is 5. The predicted octanol–water partition coefficient (Wildman–Crippen LogP) is 2.09. The molecule has 1 aliphatic heterocycles. The van der Waals surface area contributed by atoms with Crippen molar-refractivity contribution in [2.45, 2.75) is 84.0 Å². The fourth-order valence-corrected chi connectivity index (χ4v) is 7.69. The van der Waals surface area contributed by atoms with Crippen LogP contribution in [0.25, 0.3) is 22.5 Å². The fraction of sp³-hybridized carbons (Fsp3) is 0.383. The van der Waals surface area contributed by atoms with Gasteiger partial charge in [-0.1, -0.05) is 51.1 Å². The molecule has 1 aromatic heterocycles. The second-order valence-corrected chi connectivity index (χ2v) is 17.2. The number of aromatic hydroxyl groups is 1. The highest BCUT2D eigenvalue weighted by Gasteiger charge is 2.37. The van der Waals surface area contributed by atoms with Gasteiger partial charge in [0, 0.05) is 36.7 Å². The van der Waals surface area contributed by atoms with Crippen molar-refractivity contribution in [2.24, 2.45) is 17.2 Å². The number of phenolic OH excluding ortho intramolecular Hbond substituents is 1. The number of nitrogens with one attached hydrogen (secondary N) is 5. The maximum Gasteiger partial charge on any atom is 0.316 e. The van der Waals surface area contributed by atoms with Crippen LogP contribution in [-0.4, -0.2) is 107 Å². The third-order valence-corrected chi connectivity index (χ3v) is 11.1. The zero-order valence-electron chi connectivity index (χ0n) is 38.6. The number of phenols is 1. The number of primary amides is 1. The third-order valence-electron chi connectivity index (χ3n) is 11.1. The zero-order valence-corrected chi connectivity index (χ0v) is 38.6. The van der Waals surface area contributed by atoms with Crippen LogP contribution in [0, 0.1) is 25.2 Å². The van der Waals surface area contributed by atoms with Gasteiger partial charge in [-0.2, -0.15) is 5.26 Å². The van der Waals surface area contributed by atoms with E-state index in [2.05, 4.69) is 57.3 Å². The molecule has 4 bridgehead atoms. The van der Waals surface area contributed by atoms with Crippen molar-refractivity contribution in [2.75, 3.05) is 38.6 Å². The molecule has 0 spiro atoms. The van der Waals surface area contributed by atoms with Gasteiger partial charge in [-0.25, -0.2) is 14.8 Å². The summed E-state index contributed by atoms with van der Waals surface area (Å²) in [7, 11) is 1.34. The number of likely N-dealkylation sites (N-methyl/N-ethyl adjacent to an activating group) is 1. The van der Waals surface area contributed by atoms with Gasteiger partial charge < -0.3 is 58.5 Å². The molecule has 0 fully saturated rings. The smallest absolute Gasteiger partial charge is 0.316 e. The second-order valence-electron chi connectivity index (χ2n) is 17.2. The molecule has 0 aliphatic carbocycles. The normalized spacial score (nSPS) is 16.5. The number of ether oxygens (including phenoxy) is 1. The van der Waals surface area contributed by atoms with Gasteiger partial charge in [-0.05, 0) is 80.1 Å². The molecular weight excluding hydrogens is 861 g/mol. The topological polar surface area (TPSA) is 323 Å². The molecule has 0 saturated heterocycles. The Morgan fingerprint density at radius 1 is 0.970 bits per heavy atom. The minimum absolute atomic E-state index is 0.0178. The van der Waals surface area contributed by atoms with Crippen LogP contribution in [0.1, 0.15) is 78.6 Å². The molecule has 67 heavy (non-hydrogen) atoms. The molecule has 354 valence electrons. The molecule has 20 nitrogen and oxygen atoms in total. The van der Waals surface area contributed by atoms with Crippen LogP contribution in [0.5, 0.6) is 11.5 Å². The number of benzene rings is 3. The Hall–Kier alpha value is -7.63. The minimum Gasteiger partial charge on any atom is -0.505 e. The molecule has 4 aromatic rings. The lowest BCUT2D eigenvalue weighted by atomic mass is 9.86. The van der Waals surface area contributed by atoms with Crippen molar-refractivity contribution in [1.29, 1.82) is 5.26 Å². The van der Waals surface area contributed by atoms with Crippen LogP contribution in [0.3, 0.4) is 0 Å². The summed E-state index contributed by atoms with van der Waals surface area (Å²) in [5.41, 5.74) is 20.5. The van der Waals surface area contributed by atoms with E-state index < -0.39 is 65.5 Å². The average Bonchev–Trinajstić information content (AvgIpc) is 3.27. The number of hydrogen-bond acceptors (Lipinski definition) is 13. The molecule has 20 heteroatoms. The summed E-state index contributed by atoms with van der Waals surface area (Å²) < 4.78 is 5.98. The Morgan fingerprint density at radius 2 is 1.64 bits per heavy atom. The van der Waals surface area contributed by atoms with E-state index in [1.165, 1.54) is 44.3 Å². The maximum absolute atomic E-state index is 14.7. The summed E-state index contributed by atoms with van der Waals surface area (Å²) in [5, 5.41) is 33.7. The SMILES string of the molecule is Cc1nc(-c2ccc(C(C)(C)C)cc2)nc(C)c1C(=O)NC(CCN)C(=O)N(C)C1C(=O)NC(C)C(=O)NC(C(=O)NCC#N)Cc2cc(NC(N)=O)c(O)c(c2)-c2cc1ccc2OCCN. The van der Waals surface area contributed by atoms with Gasteiger partial charge in [-0.15, -0.1) is 0 Å². The Labute approximate surface area is 388 Å². The van der Waals surface area contributed by atoms with E-state index in [1.54, 1.807) is 13.8 Å². The largest absolute Gasteiger partial charge is 0.505 e. The molecule has 7 amide bonds. The highest BCUT2D eigenvalue weighted by Crippen LogP contribution is 2.43. The number of aromatic nitrogens is 2. The first-order valence-corrected chi connectivity index (χ1v) is 21.6. The van der Waals surface area contributed by atoms with E-state index in [4.69, 9.17) is 27.2 Å². The number of carbonyl (C=O) groups is 6. The first kappa shape index (κ1) is 50.4. The number of nitrogens with zero attached hydrogens (tertiary/aromatic N) is 4. The van der Waals surface area contributed by atoms with Gasteiger partial charge in [0.25, 0.3) is 5.91 Å². The second kappa shape index (κ2) is 21.6. The molecule has 0 saturated carbocycles. The van der Waals surface area contributed by atoms with E-state index in [0.717, 1.165) is 16.0 Å². The van der Waals surface area contributed by atoms with Gasteiger partial charge in [-0.3, -0.25) is 24.0 Å². The van der Waals surface area contributed by atoms with E-state index >= 15 is 0 Å². The summed E-state index contributed by atoms with van der Waals surface area (Å²) >= 11 is 0. The van der Waals surface area contributed by atoms with Gasteiger partial charge in [0.05, 0.1) is 28.7 Å². The summed E-state index contributed by atoms with van der Waals surface area (Å²) in [6.07, 6.45) is -0.278. The lowest BCUT2D eigenvalue weighted by molar-refractivity contribution is -0.141. The highest BCUT2D eigenvalue weighted by molar-refractivity contribution is 6.01. The van der Waals surface area contributed by atoms with E-state index in [9.17, 15) is 33.9 Å². The van der Waals surface area contributed by atoms with Crippen molar-refractivity contribution in [3.63, 3.8) is 0 Å². The monoisotopic (exact) mass is 918 g/mol. The summed E-state index contributed by atoms with van der Waals surface area (Å²) in [6.45, 7) is 10.7. The molecule has 1 aliphatic rings. The number of nitriles is 1. The molecule has 0 radical (unpaired) electrons. The van der Waals surface area contributed by atoms with Crippen LogP contribution in [-0.2, 0) is 31.0 Å². The van der Waals surface area contributed by atoms with Crippen LogP contribution in [0.15, 0.2) is 54.6 Å². The van der Waals surface area contributed by atoms with Crippen LogP contribution in [0.2, 0.25) is 0 Å². The molecule has 4 unspecified atom stereocenters. The Kier molecular flexibility index (Phi) is 16.2. The maximum atomic E-state index is 14.7. The van der Waals surface area contributed by atoms with Gasteiger partial charge in [0.2, 0.25) is 23.6 Å². The number of amides is 7. The van der Waals surface area contributed by atoms with Crippen LogP contribution >= 0.6 is 0 Å². The lowest BCUT2D eigenvalue weighted by Crippen LogP contribution is -2.56. The highest BCUT2D eigenvalue weighted by atomic mass is 16.5. The van der Waals surface area contributed by atoms with Crippen molar-refractivity contribution in [1.82, 2.24) is 36.1 Å². The number of anilines is 1. The van der Waals surface area contributed by atoms with Crippen LogP contribution < -0.4 is 48.5 Å². The van der Waals surface area contributed by atoms with Crippen molar-refractivity contribution in [3.8, 4) is 40.1 Å². The van der Waals surface area contributed by atoms with Crippen molar-refractivity contribution in [3.05, 3.63) is 88.2 Å². The van der Waals surface area contributed by atoms with E-state index in [0.29, 0.717) is 22.8 Å².